The number of amides is 1. The Kier molecular flexibility index (Phi) is 38.3. The van der Waals surface area contributed by atoms with Gasteiger partial charge in [0, 0.05) is 6.42 Å². The van der Waals surface area contributed by atoms with E-state index in [1.807, 2.05) is 0 Å². The van der Waals surface area contributed by atoms with E-state index in [0.717, 1.165) is 25.7 Å². The summed E-state index contributed by atoms with van der Waals surface area (Å²) < 4.78 is 0. The maximum atomic E-state index is 12.4. The van der Waals surface area contributed by atoms with Gasteiger partial charge in [0.15, 0.2) is 0 Å². The van der Waals surface area contributed by atoms with Gasteiger partial charge in [-0.2, -0.15) is 0 Å². The van der Waals surface area contributed by atoms with E-state index in [9.17, 15) is 15.0 Å². The average molecular weight is 652 g/mol. The Hall–Kier alpha value is -0.610. The van der Waals surface area contributed by atoms with Crippen molar-refractivity contribution in [3.8, 4) is 0 Å². The fraction of sp³-hybridized carbons (Fsp3) is 0.976. The van der Waals surface area contributed by atoms with Gasteiger partial charge in [0.25, 0.3) is 0 Å². The molecule has 0 heterocycles. The minimum atomic E-state index is -0.652. The summed E-state index contributed by atoms with van der Waals surface area (Å²) in [5, 5.41) is 23.1. The van der Waals surface area contributed by atoms with Crippen LogP contribution in [0.3, 0.4) is 0 Å². The first kappa shape index (κ1) is 45.4. The Bertz CT molecular complexity index is 583. The number of rotatable bonds is 39. The number of unbranched alkanes of at least 4 members (excludes halogenated alkanes) is 32. The second-order valence-electron chi connectivity index (χ2n) is 14.8. The summed E-state index contributed by atoms with van der Waals surface area (Å²) in [5.41, 5.74) is 0. The monoisotopic (exact) mass is 652 g/mol. The third-order valence-corrected chi connectivity index (χ3v) is 10.1. The number of nitrogens with one attached hydrogen (secondary N) is 1. The standard InChI is InChI=1S/C42H85NO3/c1-3-5-7-9-11-13-15-17-18-19-20-21-22-23-24-26-28-30-32-34-36-38-42(46)43-40(39-44)41(45)37-35-33-31-29-27-25-16-14-12-10-8-6-4-2/h40-41,44-45H,3-39H2,1-2H3,(H,43,46). The molecule has 0 saturated carbocycles. The number of carbonyl (C=O) groups excluding carboxylic acids is 1. The van der Waals surface area contributed by atoms with Gasteiger partial charge in [-0.1, -0.05) is 226 Å². The predicted octanol–water partition coefficient (Wildman–Crippen LogP) is 12.9. The first-order valence-corrected chi connectivity index (χ1v) is 21.2. The SMILES string of the molecule is CCCCCCCCCCCCCCCCCCCCCCCC(=O)NC(CO)C(O)CCCCCCCCCCCCCCC. The van der Waals surface area contributed by atoms with Crippen molar-refractivity contribution in [1.82, 2.24) is 5.32 Å². The lowest BCUT2D eigenvalue weighted by atomic mass is 10.0. The number of carbonyl (C=O) groups is 1. The van der Waals surface area contributed by atoms with E-state index in [4.69, 9.17) is 0 Å². The van der Waals surface area contributed by atoms with Gasteiger partial charge in [-0.15, -0.1) is 0 Å². The Morgan fingerprint density at radius 1 is 0.435 bits per heavy atom. The zero-order valence-corrected chi connectivity index (χ0v) is 31.6. The maximum absolute atomic E-state index is 12.4. The van der Waals surface area contributed by atoms with Crippen molar-refractivity contribution in [2.24, 2.45) is 0 Å². The summed E-state index contributed by atoms with van der Waals surface area (Å²) in [4.78, 5) is 12.4. The zero-order chi connectivity index (χ0) is 33.6. The molecule has 2 atom stereocenters. The van der Waals surface area contributed by atoms with Crippen LogP contribution in [-0.2, 0) is 4.79 Å². The van der Waals surface area contributed by atoms with Gasteiger partial charge in [0.2, 0.25) is 5.91 Å². The Labute approximate surface area is 289 Å². The minimum Gasteiger partial charge on any atom is -0.394 e. The Morgan fingerprint density at radius 3 is 0.978 bits per heavy atom. The van der Waals surface area contributed by atoms with Crippen LogP contribution in [-0.4, -0.2) is 34.9 Å². The van der Waals surface area contributed by atoms with E-state index in [0.29, 0.717) is 12.8 Å². The predicted molar refractivity (Wildman–Crippen MR) is 203 cm³/mol. The van der Waals surface area contributed by atoms with Gasteiger partial charge >= 0.3 is 0 Å². The van der Waals surface area contributed by atoms with Crippen LogP contribution in [0.1, 0.15) is 245 Å². The van der Waals surface area contributed by atoms with Crippen molar-refractivity contribution in [1.29, 1.82) is 0 Å². The van der Waals surface area contributed by atoms with Crippen molar-refractivity contribution in [3.63, 3.8) is 0 Å². The normalized spacial score (nSPS) is 12.9. The molecule has 2 unspecified atom stereocenters. The molecule has 0 rings (SSSR count). The molecular formula is C42H85NO3. The number of hydrogen-bond acceptors (Lipinski definition) is 3. The Morgan fingerprint density at radius 2 is 0.696 bits per heavy atom. The molecule has 0 aliphatic carbocycles. The molecule has 0 radical (unpaired) electrons. The molecule has 4 nitrogen and oxygen atoms in total. The topological polar surface area (TPSA) is 69.6 Å². The van der Waals surface area contributed by atoms with E-state index in [-0.39, 0.29) is 12.5 Å². The molecule has 4 heteroatoms. The smallest absolute Gasteiger partial charge is 0.220 e. The van der Waals surface area contributed by atoms with Gasteiger partial charge in [-0.25, -0.2) is 0 Å². The summed E-state index contributed by atoms with van der Waals surface area (Å²) in [6.45, 7) is 4.37. The highest BCUT2D eigenvalue weighted by Gasteiger charge is 2.20. The second kappa shape index (κ2) is 38.8. The number of aliphatic hydroxyl groups excluding tert-OH is 2. The van der Waals surface area contributed by atoms with Crippen LogP contribution >= 0.6 is 0 Å². The molecule has 0 bridgehead atoms. The highest BCUT2D eigenvalue weighted by Crippen LogP contribution is 2.17. The molecule has 1 amide bonds. The molecule has 0 aromatic carbocycles. The molecule has 0 aliphatic heterocycles. The largest absolute Gasteiger partial charge is 0.394 e. The van der Waals surface area contributed by atoms with Crippen molar-refractivity contribution < 1.29 is 15.0 Å². The molecule has 0 aromatic heterocycles. The second-order valence-corrected chi connectivity index (χ2v) is 14.8. The summed E-state index contributed by atoms with van der Waals surface area (Å²) in [6.07, 6.45) is 46.0. The molecule has 0 fully saturated rings. The highest BCUT2D eigenvalue weighted by molar-refractivity contribution is 5.76. The lowest BCUT2D eigenvalue weighted by Gasteiger charge is -2.22. The Balaban J connectivity index is 3.45. The van der Waals surface area contributed by atoms with Crippen LogP contribution < -0.4 is 5.32 Å². The van der Waals surface area contributed by atoms with E-state index in [1.54, 1.807) is 0 Å². The lowest BCUT2D eigenvalue weighted by molar-refractivity contribution is -0.123. The van der Waals surface area contributed by atoms with Gasteiger partial charge in [-0.3, -0.25) is 4.79 Å². The summed E-state index contributed by atoms with van der Waals surface area (Å²) >= 11 is 0. The third-order valence-electron chi connectivity index (χ3n) is 10.1. The van der Waals surface area contributed by atoms with Gasteiger partial charge in [0.1, 0.15) is 0 Å². The third kappa shape index (κ3) is 34.7. The lowest BCUT2D eigenvalue weighted by Crippen LogP contribution is -2.45. The molecule has 0 aliphatic rings. The van der Waals surface area contributed by atoms with Gasteiger partial charge in [0.05, 0.1) is 18.8 Å². The van der Waals surface area contributed by atoms with Gasteiger partial charge < -0.3 is 15.5 Å². The van der Waals surface area contributed by atoms with E-state index < -0.39 is 12.1 Å². The summed E-state index contributed by atoms with van der Waals surface area (Å²) in [7, 11) is 0. The minimum absolute atomic E-state index is 0.0266. The first-order valence-electron chi connectivity index (χ1n) is 21.2. The van der Waals surface area contributed by atoms with Crippen LogP contribution in [0.25, 0.3) is 0 Å². The van der Waals surface area contributed by atoms with Crippen LogP contribution in [0.5, 0.6) is 0 Å². The molecule has 0 aromatic rings. The van der Waals surface area contributed by atoms with Crippen molar-refractivity contribution in [2.45, 2.75) is 257 Å². The zero-order valence-electron chi connectivity index (χ0n) is 31.6. The number of hydrogen-bond donors (Lipinski definition) is 3. The van der Waals surface area contributed by atoms with E-state index in [2.05, 4.69) is 19.2 Å². The fourth-order valence-electron chi connectivity index (χ4n) is 6.83. The molecular weight excluding hydrogens is 566 g/mol. The van der Waals surface area contributed by atoms with E-state index in [1.165, 1.54) is 193 Å². The summed E-state index contributed by atoms with van der Waals surface area (Å²) in [5.74, 6) is -0.0266. The first-order chi connectivity index (χ1) is 22.7. The van der Waals surface area contributed by atoms with Crippen molar-refractivity contribution in [2.75, 3.05) is 6.61 Å². The van der Waals surface area contributed by atoms with Crippen molar-refractivity contribution in [3.05, 3.63) is 0 Å². The summed E-state index contributed by atoms with van der Waals surface area (Å²) in [6, 6.07) is -0.528. The molecule has 276 valence electrons. The highest BCUT2D eigenvalue weighted by atomic mass is 16.3. The molecule has 0 saturated heterocycles. The quantitative estimate of drug-likeness (QED) is 0.0579. The van der Waals surface area contributed by atoms with Crippen LogP contribution in [0, 0.1) is 0 Å². The van der Waals surface area contributed by atoms with Crippen LogP contribution in [0.2, 0.25) is 0 Å². The van der Waals surface area contributed by atoms with Crippen LogP contribution in [0.4, 0.5) is 0 Å². The van der Waals surface area contributed by atoms with E-state index >= 15 is 0 Å². The molecule has 0 spiro atoms. The number of aliphatic hydroxyl groups is 2. The average Bonchev–Trinajstić information content (AvgIpc) is 3.06. The molecule has 3 N–H and O–H groups in total. The maximum Gasteiger partial charge on any atom is 0.220 e. The van der Waals surface area contributed by atoms with Crippen LogP contribution in [0.15, 0.2) is 0 Å². The molecule has 46 heavy (non-hydrogen) atoms. The van der Waals surface area contributed by atoms with Gasteiger partial charge in [-0.05, 0) is 12.8 Å². The fourth-order valence-corrected chi connectivity index (χ4v) is 6.83. The van der Waals surface area contributed by atoms with Crippen molar-refractivity contribution >= 4 is 5.91 Å².